The Morgan fingerprint density at radius 3 is 2.30 bits per heavy atom. The minimum absolute atomic E-state index is 0.0862. The number of aromatic nitrogens is 1. The highest BCUT2D eigenvalue weighted by molar-refractivity contribution is 7.13. The van der Waals surface area contributed by atoms with Gasteiger partial charge in [0.1, 0.15) is 35.0 Å². The number of aliphatic hydroxyl groups is 4. The fourth-order valence-electron chi connectivity index (χ4n) is 3.72. The second-order valence-electron chi connectivity index (χ2n) is 8.29. The van der Waals surface area contributed by atoms with Crippen LogP contribution in [0.1, 0.15) is 25.0 Å². The molecular formula is C22H29F3N2O5S. The van der Waals surface area contributed by atoms with Gasteiger partial charge in [-0.05, 0) is 37.9 Å². The van der Waals surface area contributed by atoms with E-state index in [-0.39, 0.29) is 32.7 Å². The van der Waals surface area contributed by atoms with Crippen LogP contribution in [-0.2, 0) is 11.3 Å². The van der Waals surface area contributed by atoms with Crippen LogP contribution in [0.5, 0.6) is 0 Å². The highest BCUT2D eigenvalue weighted by Crippen LogP contribution is 2.25. The molecule has 0 saturated carbocycles. The van der Waals surface area contributed by atoms with E-state index in [9.17, 15) is 33.6 Å². The Hall–Kier alpha value is -1.60. The van der Waals surface area contributed by atoms with Gasteiger partial charge >= 0.3 is 0 Å². The lowest BCUT2D eigenvalue weighted by Crippen LogP contribution is -2.43. The summed E-state index contributed by atoms with van der Waals surface area (Å²) in [5.41, 5.74) is 0.884. The van der Waals surface area contributed by atoms with Crippen LogP contribution in [0, 0.1) is 11.6 Å². The Bertz CT molecular complexity index is 853. The van der Waals surface area contributed by atoms with Crippen molar-refractivity contribution >= 4 is 11.3 Å². The average Bonchev–Trinajstić information content (AvgIpc) is 3.20. The van der Waals surface area contributed by atoms with Crippen LogP contribution in [0.2, 0.25) is 0 Å². The largest absolute Gasteiger partial charge is 0.389 e. The number of ether oxygens (including phenoxy) is 1. The molecule has 0 radical (unpaired) electrons. The number of halogens is 3. The normalized spacial score (nSPS) is 25.2. The summed E-state index contributed by atoms with van der Waals surface area (Å²) < 4.78 is 46.2. The summed E-state index contributed by atoms with van der Waals surface area (Å²) in [5, 5.41) is 41.3. The van der Waals surface area contributed by atoms with Gasteiger partial charge in [-0.3, -0.25) is 4.90 Å². The summed E-state index contributed by atoms with van der Waals surface area (Å²) in [7, 11) is 0. The highest BCUT2D eigenvalue weighted by atomic mass is 32.1. The van der Waals surface area contributed by atoms with Crippen LogP contribution in [0.4, 0.5) is 13.2 Å². The van der Waals surface area contributed by atoms with Gasteiger partial charge in [0.2, 0.25) is 0 Å². The van der Waals surface area contributed by atoms with Gasteiger partial charge in [-0.25, -0.2) is 18.2 Å². The number of rotatable bonds is 10. The van der Waals surface area contributed by atoms with Gasteiger partial charge in [0.25, 0.3) is 0 Å². The number of β-amino-alcohol motifs (C(OH)–C–C–N with tert-alkyl or cyclic N) is 2. The predicted molar refractivity (Wildman–Crippen MR) is 116 cm³/mol. The predicted octanol–water partition coefficient (Wildman–Crippen LogP) is 1.87. The molecule has 2 aromatic rings. The van der Waals surface area contributed by atoms with E-state index in [1.54, 1.807) is 10.3 Å². The standard InChI is InChI=1S/C22H29F3N2O5S/c23-14(3-1-2-4-27-8-18(28)20(30)21(31)19(29)9-27)10-32-11-17-12-33-22(26-17)13-5-15(24)7-16(25)6-13/h5-7,12,14,18-21,28-31H,1-4,8-11H2/t14?,18-,19-,20+,21+/m0/s1. The molecule has 1 unspecified atom stereocenters. The molecule has 0 aliphatic carbocycles. The number of likely N-dealkylation sites (tertiary alicyclic amines) is 1. The van der Waals surface area contributed by atoms with E-state index in [0.29, 0.717) is 35.7 Å². The van der Waals surface area contributed by atoms with E-state index in [1.165, 1.54) is 23.5 Å². The lowest BCUT2D eigenvalue weighted by atomic mass is 10.1. The van der Waals surface area contributed by atoms with Crippen molar-refractivity contribution < 1.29 is 38.3 Å². The van der Waals surface area contributed by atoms with Crippen LogP contribution in [0.3, 0.4) is 0 Å². The summed E-state index contributed by atoms with van der Waals surface area (Å²) in [4.78, 5) is 6.01. The molecule has 4 N–H and O–H groups in total. The van der Waals surface area contributed by atoms with Crippen LogP contribution in [0.25, 0.3) is 10.6 Å². The van der Waals surface area contributed by atoms with Crippen molar-refractivity contribution in [2.75, 3.05) is 26.2 Å². The lowest BCUT2D eigenvalue weighted by molar-refractivity contribution is -0.0894. The van der Waals surface area contributed by atoms with Crippen molar-refractivity contribution in [2.24, 2.45) is 0 Å². The van der Waals surface area contributed by atoms with Crippen LogP contribution >= 0.6 is 11.3 Å². The van der Waals surface area contributed by atoms with Gasteiger partial charge in [0.15, 0.2) is 0 Å². The molecule has 1 aliphatic rings. The second-order valence-corrected chi connectivity index (χ2v) is 9.14. The van der Waals surface area contributed by atoms with Gasteiger partial charge in [-0.15, -0.1) is 11.3 Å². The first kappa shape index (κ1) is 26.0. The number of thiazole rings is 1. The molecule has 1 saturated heterocycles. The molecule has 1 aliphatic heterocycles. The molecule has 1 fully saturated rings. The van der Waals surface area contributed by atoms with Gasteiger partial charge in [0, 0.05) is 30.1 Å². The Morgan fingerprint density at radius 1 is 1.03 bits per heavy atom. The van der Waals surface area contributed by atoms with Crippen molar-refractivity contribution in [2.45, 2.75) is 56.5 Å². The van der Waals surface area contributed by atoms with E-state index in [0.717, 1.165) is 6.07 Å². The van der Waals surface area contributed by atoms with Gasteiger partial charge in [-0.1, -0.05) is 0 Å². The first-order valence-electron chi connectivity index (χ1n) is 10.8. The first-order chi connectivity index (χ1) is 15.7. The molecule has 5 atom stereocenters. The average molecular weight is 491 g/mol. The maximum Gasteiger partial charge on any atom is 0.126 e. The monoisotopic (exact) mass is 490 g/mol. The Morgan fingerprint density at radius 2 is 1.67 bits per heavy atom. The number of hydrogen-bond donors (Lipinski definition) is 4. The number of unbranched alkanes of at least 4 members (excludes halogenated alkanes) is 1. The molecule has 7 nitrogen and oxygen atoms in total. The molecule has 0 spiro atoms. The summed E-state index contributed by atoms with van der Waals surface area (Å²) in [6.07, 6.45) is -4.85. The third kappa shape index (κ3) is 7.71. The van der Waals surface area contributed by atoms with Gasteiger partial charge in [0.05, 0.1) is 31.1 Å². The number of aliphatic hydroxyl groups excluding tert-OH is 4. The maximum atomic E-state index is 14.1. The van der Waals surface area contributed by atoms with E-state index in [2.05, 4.69) is 4.98 Å². The zero-order chi connectivity index (χ0) is 24.0. The molecule has 3 rings (SSSR count). The van der Waals surface area contributed by atoms with E-state index >= 15 is 0 Å². The summed E-state index contributed by atoms with van der Waals surface area (Å²) in [6.45, 7) is 0.706. The van der Waals surface area contributed by atoms with Crippen molar-refractivity contribution in [3.63, 3.8) is 0 Å². The zero-order valence-electron chi connectivity index (χ0n) is 18.0. The molecule has 1 aromatic heterocycles. The Labute approximate surface area is 194 Å². The number of hydrogen-bond acceptors (Lipinski definition) is 8. The minimum Gasteiger partial charge on any atom is -0.389 e. The van der Waals surface area contributed by atoms with Crippen LogP contribution < -0.4 is 0 Å². The Balaban J connectivity index is 1.33. The van der Waals surface area contributed by atoms with Crippen molar-refractivity contribution in [3.05, 3.63) is 40.9 Å². The van der Waals surface area contributed by atoms with Crippen molar-refractivity contribution in [1.29, 1.82) is 0 Å². The smallest absolute Gasteiger partial charge is 0.126 e. The molecule has 0 bridgehead atoms. The zero-order valence-corrected chi connectivity index (χ0v) is 18.8. The summed E-state index contributed by atoms with van der Waals surface area (Å²) >= 11 is 1.22. The molecular weight excluding hydrogens is 461 g/mol. The fourth-order valence-corrected chi connectivity index (χ4v) is 4.51. The summed E-state index contributed by atoms with van der Waals surface area (Å²) in [5.74, 6) is -1.37. The maximum absolute atomic E-state index is 14.1. The van der Waals surface area contributed by atoms with E-state index in [1.807, 2.05) is 0 Å². The van der Waals surface area contributed by atoms with Crippen molar-refractivity contribution in [3.8, 4) is 10.6 Å². The SMILES string of the molecule is O[C@H]1[C@H](O)[C@@H](O)CN(CCCCC(F)COCc2csc(-c3cc(F)cc(F)c3)n2)C[C@@H]1O. The van der Waals surface area contributed by atoms with E-state index in [4.69, 9.17) is 4.74 Å². The molecule has 33 heavy (non-hydrogen) atoms. The summed E-state index contributed by atoms with van der Waals surface area (Å²) in [6, 6.07) is 3.18. The molecule has 1 aromatic carbocycles. The van der Waals surface area contributed by atoms with Crippen LogP contribution in [-0.4, -0.2) is 87.1 Å². The third-order valence-electron chi connectivity index (χ3n) is 5.48. The fraction of sp³-hybridized carbons (Fsp3) is 0.591. The second kappa shape index (κ2) is 12.2. The quantitative estimate of drug-likeness (QED) is 0.377. The van der Waals surface area contributed by atoms with Gasteiger partial charge in [-0.2, -0.15) is 0 Å². The first-order valence-corrected chi connectivity index (χ1v) is 11.7. The molecule has 0 amide bonds. The molecule has 2 heterocycles. The number of nitrogens with zero attached hydrogens (tertiary/aromatic N) is 2. The Kier molecular flexibility index (Phi) is 9.62. The number of alkyl halides is 1. The third-order valence-corrected chi connectivity index (χ3v) is 6.42. The molecule has 11 heteroatoms. The van der Waals surface area contributed by atoms with Crippen LogP contribution in [0.15, 0.2) is 23.6 Å². The topological polar surface area (TPSA) is 106 Å². The van der Waals surface area contributed by atoms with E-state index < -0.39 is 42.2 Å². The number of benzene rings is 1. The lowest BCUT2D eigenvalue weighted by Gasteiger charge is -2.23. The highest BCUT2D eigenvalue weighted by Gasteiger charge is 2.35. The van der Waals surface area contributed by atoms with Crippen molar-refractivity contribution in [1.82, 2.24) is 9.88 Å². The van der Waals surface area contributed by atoms with Gasteiger partial charge < -0.3 is 25.2 Å². The molecule has 184 valence electrons. The minimum atomic E-state index is -1.40.